The molecule has 1 saturated heterocycles. The van der Waals surface area contributed by atoms with E-state index in [1.165, 1.54) is 32.7 Å². The fourth-order valence-electron chi connectivity index (χ4n) is 6.59. The van der Waals surface area contributed by atoms with Crippen molar-refractivity contribution in [2.75, 3.05) is 11.5 Å². The Hall–Kier alpha value is -3.40. The first kappa shape index (κ1) is 23.0. The summed E-state index contributed by atoms with van der Waals surface area (Å²) in [5.74, 6) is 0.116. The molecule has 4 aliphatic rings. The summed E-state index contributed by atoms with van der Waals surface area (Å²) in [6.07, 6.45) is 3.31. The summed E-state index contributed by atoms with van der Waals surface area (Å²) in [6, 6.07) is 22.5. The van der Waals surface area contributed by atoms with Crippen LogP contribution >= 0.6 is 0 Å². The van der Waals surface area contributed by atoms with Crippen molar-refractivity contribution in [1.29, 1.82) is 0 Å². The molecule has 3 aromatic carbocycles. The van der Waals surface area contributed by atoms with Crippen molar-refractivity contribution in [3.05, 3.63) is 94.5 Å². The minimum absolute atomic E-state index is 0.0771. The topological polar surface area (TPSA) is 46.6 Å². The van der Waals surface area contributed by atoms with E-state index in [0.717, 1.165) is 25.0 Å². The average Bonchev–Trinajstić information content (AvgIpc) is 3.17. The number of amides is 2. The fraction of sp³-hybridized carbons (Fsp3) is 0.375. The maximum Gasteiger partial charge on any atom is 0.238 e. The van der Waals surface area contributed by atoms with Crippen LogP contribution in [-0.2, 0) is 9.59 Å². The molecular formula is C32H33NO3. The van der Waals surface area contributed by atoms with E-state index in [-0.39, 0.29) is 35.5 Å². The Morgan fingerprint density at radius 2 is 1.39 bits per heavy atom. The zero-order valence-corrected chi connectivity index (χ0v) is 21.2. The predicted molar refractivity (Wildman–Crippen MR) is 142 cm³/mol. The number of carbonyl (C=O) groups is 2. The van der Waals surface area contributed by atoms with Crippen molar-refractivity contribution in [3.63, 3.8) is 0 Å². The number of rotatable bonds is 7. The van der Waals surface area contributed by atoms with Crippen LogP contribution in [0, 0.1) is 11.8 Å². The van der Waals surface area contributed by atoms with Gasteiger partial charge in [-0.05, 0) is 64.4 Å². The third kappa shape index (κ3) is 3.42. The van der Waals surface area contributed by atoms with E-state index in [1.54, 1.807) is 0 Å². The highest BCUT2D eigenvalue weighted by Gasteiger charge is 2.61. The molecule has 36 heavy (non-hydrogen) atoms. The van der Waals surface area contributed by atoms with Crippen LogP contribution in [-0.4, -0.2) is 18.4 Å². The van der Waals surface area contributed by atoms with Crippen LogP contribution < -0.4 is 9.64 Å². The summed E-state index contributed by atoms with van der Waals surface area (Å²) in [5, 5.41) is 0. The highest BCUT2D eigenvalue weighted by Crippen LogP contribution is 2.61. The van der Waals surface area contributed by atoms with Gasteiger partial charge >= 0.3 is 0 Å². The van der Waals surface area contributed by atoms with E-state index in [9.17, 15) is 9.59 Å². The Kier molecular flexibility index (Phi) is 5.70. The Morgan fingerprint density at radius 1 is 0.778 bits per heavy atom. The third-order valence-corrected chi connectivity index (χ3v) is 8.34. The van der Waals surface area contributed by atoms with Gasteiger partial charge in [0.15, 0.2) is 0 Å². The van der Waals surface area contributed by atoms with Crippen LogP contribution in [0.4, 0.5) is 5.69 Å². The Balaban J connectivity index is 1.37. The van der Waals surface area contributed by atoms with Crippen molar-refractivity contribution in [2.45, 2.75) is 57.8 Å². The van der Waals surface area contributed by atoms with Crippen molar-refractivity contribution in [3.8, 4) is 5.75 Å². The number of benzene rings is 3. The van der Waals surface area contributed by atoms with Crippen LogP contribution in [0.15, 0.2) is 66.7 Å². The molecule has 0 saturated carbocycles. The maximum atomic E-state index is 14.0. The highest BCUT2D eigenvalue weighted by molar-refractivity contribution is 6.23. The first-order valence-electron chi connectivity index (χ1n) is 13.3. The monoisotopic (exact) mass is 479 g/mol. The number of hydrogen-bond acceptors (Lipinski definition) is 3. The fourth-order valence-corrected chi connectivity index (χ4v) is 6.59. The van der Waals surface area contributed by atoms with Crippen molar-refractivity contribution in [1.82, 2.24) is 0 Å². The molecule has 1 fully saturated rings. The normalized spacial score (nSPS) is 23.6. The van der Waals surface area contributed by atoms with Gasteiger partial charge in [-0.1, -0.05) is 76.1 Å². The number of nitrogens with zero attached hydrogens (tertiary/aromatic N) is 1. The van der Waals surface area contributed by atoms with Gasteiger partial charge in [0.05, 0.1) is 24.1 Å². The van der Waals surface area contributed by atoms with Crippen molar-refractivity contribution < 1.29 is 14.3 Å². The lowest BCUT2D eigenvalue weighted by Crippen LogP contribution is -2.41. The minimum Gasteiger partial charge on any atom is -0.494 e. The van der Waals surface area contributed by atoms with Crippen LogP contribution in [0.25, 0.3) is 0 Å². The number of ether oxygens (including phenoxy) is 1. The largest absolute Gasteiger partial charge is 0.494 e. The van der Waals surface area contributed by atoms with Crippen molar-refractivity contribution >= 4 is 17.5 Å². The Morgan fingerprint density at radius 3 is 2.00 bits per heavy atom. The predicted octanol–water partition coefficient (Wildman–Crippen LogP) is 6.78. The van der Waals surface area contributed by atoms with Gasteiger partial charge in [-0.2, -0.15) is 0 Å². The molecule has 4 heteroatoms. The van der Waals surface area contributed by atoms with Crippen LogP contribution in [0.3, 0.4) is 0 Å². The molecule has 7 rings (SSSR count). The van der Waals surface area contributed by atoms with Gasteiger partial charge in [0, 0.05) is 11.8 Å². The summed E-state index contributed by atoms with van der Waals surface area (Å²) < 4.78 is 5.84. The standard InChI is InChI=1S/C32H33NO3/c1-4-5-8-17-36-22-14-12-21(13-15-22)33-31(34)29-27-23-9-6-7-10-24(23)28(30(29)32(33)35)26-18-20(19(2)3)11-16-25(26)27/h6-7,9-16,18-19,27-30H,4-5,8,17H2,1-3H3. The molecule has 0 aromatic heterocycles. The van der Waals surface area contributed by atoms with E-state index >= 15 is 0 Å². The van der Waals surface area contributed by atoms with E-state index in [1.807, 2.05) is 24.3 Å². The lowest BCUT2D eigenvalue weighted by Gasteiger charge is -2.46. The number of imide groups is 1. The Bertz CT molecular complexity index is 1330. The molecule has 4 atom stereocenters. The molecule has 0 spiro atoms. The average molecular weight is 480 g/mol. The molecule has 0 radical (unpaired) electrons. The number of hydrogen-bond donors (Lipinski definition) is 0. The third-order valence-electron chi connectivity index (χ3n) is 8.34. The van der Waals surface area contributed by atoms with Crippen LogP contribution in [0.5, 0.6) is 5.75 Å². The summed E-state index contributed by atoms with van der Waals surface area (Å²) >= 11 is 0. The lowest BCUT2D eigenvalue weighted by atomic mass is 9.54. The first-order chi connectivity index (χ1) is 17.5. The second kappa shape index (κ2) is 8.92. The molecule has 3 aliphatic carbocycles. The molecule has 1 aliphatic heterocycles. The van der Waals surface area contributed by atoms with Crippen LogP contribution in [0.1, 0.15) is 85.6 Å². The van der Waals surface area contributed by atoms with E-state index in [2.05, 4.69) is 63.2 Å². The Labute approximate surface area is 213 Å². The van der Waals surface area contributed by atoms with Gasteiger partial charge in [0.1, 0.15) is 5.75 Å². The van der Waals surface area contributed by atoms with Crippen LogP contribution in [0.2, 0.25) is 0 Å². The molecule has 4 unspecified atom stereocenters. The summed E-state index contributed by atoms with van der Waals surface area (Å²) in [7, 11) is 0. The summed E-state index contributed by atoms with van der Waals surface area (Å²) in [4.78, 5) is 29.4. The molecule has 4 nitrogen and oxygen atoms in total. The van der Waals surface area contributed by atoms with Gasteiger partial charge in [0.25, 0.3) is 0 Å². The molecule has 2 amide bonds. The molecule has 3 aromatic rings. The van der Waals surface area contributed by atoms with Gasteiger partial charge in [-0.3, -0.25) is 9.59 Å². The second-order valence-corrected chi connectivity index (χ2v) is 10.7. The summed E-state index contributed by atoms with van der Waals surface area (Å²) in [5.41, 5.74) is 6.76. The first-order valence-corrected chi connectivity index (χ1v) is 13.3. The van der Waals surface area contributed by atoms with Crippen molar-refractivity contribution in [2.24, 2.45) is 11.8 Å². The summed E-state index contributed by atoms with van der Waals surface area (Å²) in [6.45, 7) is 7.24. The van der Waals surface area contributed by atoms with Gasteiger partial charge in [0.2, 0.25) is 11.8 Å². The zero-order valence-electron chi connectivity index (χ0n) is 21.2. The molecule has 2 bridgehead atoms. The van der Waals surface area contributed by atoms with E-state index < -0.39 is 0 Å². The minimum atomic E-state index is -0.364. The quantitative estimate of drug-likeness (QED) is 0.277. The molecule has 0 N–H and O–H groups in total. The second-order valence-electron chi connectivity index (χ2n) is 10.7. The molecule has 184 valence electrons. The smallest absolute Gasteiger partial charge is 0.238 e. The molecule has 1 heterocycles. The number of carbonyl (C=O) groups excluding carboxylic acids is 2. The molecular weight excluding hydrogens is 446 g/mol. The number of anilines is 1. The van der Waals surface area contributed by atoms with Gasteiger partial charge < -0.3 is 4.74 Å². The van der Waals surface area contributed by atoms with Gasteiger partial charge in [-0.15, -0.1) is 0 Å². The van der Waals surface area contributed by atoms with E-state index in [4.69, 9.17) is 4.74 Å². The van der Waals surface area contributed by atoms with Gasteiger partial charge in [-0.25, -0.2) is 4.90 Å². The van der Waals surface area contributed by atoms with E-state index in [0.29, 0.717) is 18.2 Å². The lowest BCUT2D eigenvalue weighted by molar-refractivity contribution is -0.122. The highest BCUT2D eigenvalue weighted by atomic mass is 16.5. The zero-order chi connectivity index (χ0) is 25.0. The SMILES string of the molecule is CCCCCOc1ccc(N2C(=O)C3C4c5ccccc5C(c5cc(C(C)C)ccc54)C3C2=O)cc1. The number of unbranched alkanes of at least 4 members (excludes halogenated alkanes) is 2. The maximum absolute atomic E-state index is 14.0.